The lowest BCUT2D eigenvalue weighted by molar-refractivity contribution is -0.121. The van der Waals surface area contributed by atoms with E-state index in [4.69, 9.17) is 0 Å². The topological polar surface area (TPSA) is 29.1 Å². The van der Waals surface area contributed by atoms with Crippen molar-refractivity contribution in [2.24, 2.45) is 0 Å². The van der Waals surface area contributed by atoms with Crippen LogP contribution >= 0.6 is 0 Å². The van der Waals surface area contributed by atoms with Crippen LogP contribution in [-0.2, 0) is 11.2 Å². The largest absolute Gasteiger partial charge is 0.350 e. The Bertz CT molecular complexity index is 666. The van der Waals surface area contributed by atoms with Crippen LogP contribution in [0.4, 0.5) is 4.39 Å². The SMILES string of the molecule is Cc1ccc(C)c(C(C)NC(=O)CCc2cccc(F)c2)c1. The van der Waals surface area contributed by atoms with Gasteiger partial charge in [-0.25, -0.2) is 4.39 Å². The Morgan fingerprint density at radius 1 is 1.18 bits per heavy atom. The van der Waals surface area contributed by atoms with Crippen molar-refractivity contribution in [3.8, 4) is 0 Å². The summed E-state index contributed by atoms with van der Waals surface area (Å²) in [7, 11) is 0. The summed E-state index contributed by atoms with van der Waals surface area (Å²) in [5.41, 5.74) is 4.33. The number of amides is 1. The molecule has 2 aromatic carbocycles. The van der Waals surface area contributed by atoms with Crippen molar-refractivity contribution in [1.29, 1.82) is 0 Å². The molecule has 0 aromatic heterocycles. The summed E-state index contributed by atoms with van der Waals surface area (Å²) >= 11 is 0. The number of nitrogens with one attached hydrogen (secondary N) is 1. The van der Waals surface area contributed by atoms with E-state index in [1.165, 1.54) is 23.3 Å². The minimum atomic E-state index is -0.262. The Morgan fingerprint density at radius 2 is 1.95 bits per heavy atom. The molecule has 0 spiro atoms. The van der Waals surface area contributed by atoms with E-state index >= 15 is 0 Å². The molecule has 0 aliphatic carbocycles. The molecule has 0 bridgehead atoms. The monoisotopic (exact) mass is 299 g/mol. The zero-order valence-electron chi connectivity index (χ0n) is 13.3. The minimum absolute atomic E-state index is 0.0160. The molecule has 22 heavy (non-hydrogen) atoms. The van der Waals surface area contributed by atoms with E-state index in [-0.39, 0.29) is 17.8 Å². The van der Waals surface area contributed by atoms with E-state index in [2.05, 4.69) is 23.5 Å². The highest BCUT2D eigenvalue weighted by molar-refractivity contribution is 5.76. The summed E-state index contributed by atoms with van der Waals surface area (Å²) in [5, 5.41) is 3.02. The van der Waals surface area contributed by atoms with Gasteiger partial charge in [0.15, 0.2) is 0 Å². The maximum atomic E-state index is 13.1. The van der Waals surface area contributed by atoms with E-state index in [1.807, 2.05) is 26.8 Å². The van der Waals surface area contributed by atoms with Crippen LogP contribution in [0.25, 0.3) is 0 Å². The molecule has 0 heterocycles. The van der Waals surface area contributed by atoms with Crippen molar-refractivity contribution in [2.45, 2.75) is 39.7 Å². The van der Waals surface area contributed by atoms with Gasteiger partial charge in [0.1, 0.15) is 5.82 Å². The van der Waals surface area contributed by atoms with Gasteiger partial charge in [0.2, 0.25) is 5.91 Å². The van der Waals surface area contributed by atoms with Crippen molar-refractivity contribution >= 4 is 5.91 Å². The Hall–Kier alpha value is -2.16. The molecule has 1 N–H and O–H groups in total. The van der Waals surface area contributed by atoms with Crippen LogP contribution in [0.15, 0.2) is 42.5 Å². The summed E-state index contributed by atoms with van der Waals surface area (Å²) in [6.07, 6.45) is 0.905. The Labute approximate surface area is 131 Å². The molecule has 116 valence electrons. The van der Waals surface area contributed by atoms with Crippen molar-refractivity contribution < 1.29 is 9.18 Å². The zero-order chi connectivity index (χ0) is 16.1. The van der Waals surface area contributed by atoms with Crippen LogP contribution in [0.2, 0.25) is 0 Å². The second-order valence-corrected chi connectivity index (χ2v) is 5.78. The van der Waals surface area contributed by atoms with E-state index < -0.39 is 0 Å². The summed E-state index contributed by atoms with van der Waals surface area (Å²) in [6, 6.07) is 12.6. The third kappa shape index (κ3) is 4.42. The third-order valence-corrected chi connectivity index (χ3v) is 3.81. The van der Waals surface area contributed by atoms with Crippen LogP contribution in [0, 0.1) is 19.7 Å². The molecule has 1 atom stereocenters. The minimum Gasteiger partial charge on any atom is -0.350 e. The van der Waals surface area contributed by atoms with E-state index in [9.17, 15) is 9.18 Å². The molecule has 3 heteroatoms. The highest BCUT2D eigenvalue weighted by Gasteiger charge is 2.12. The number of rotatable bonds is 5. The third-order valence-electron chi connectivity index (χ3n) is 3.81. The first kappa shape index (κ1) is 16.2. The highest BCUT2D eigenvalue weighted by atomic mass is 19.1. The maximum Gasteiger partial charge on any atom is 0.220 e. The number of halogens is 1. The van der Waals surface area contributed by atoms with Crippen molar-refractivity contribution in [1.82, 2.24) is 5.32 Å². The molecule has 0 fully saturated rings. The van der Waals surface area contributed by atoms with Gasteiger partial charge in [0.05, 0.1) is 6.04 Å². The number of aryl methyl sites for hydroxylation is 3. The quantitative estimate of drug-likeness (QED) is 0.878. The molecule has 0 aliphatic heterocycles. The predicted octanol–water partition coefficient (Wildman–Crippen LogP) is 4.25. The second-order valence-electron chi connectivity index (χ2n) is 5.78. The summed E-state index contributed by atoms with van der Waals surface area (Å²) < 4.78 is 13.1. The molecular weight excluding hydrogens is 277 g/mol. The normalized spacial score (nSPS) is 12.0. The lowest BCUT2D eigenvalue weighted by Crippen LogP contribution is -2.27. The number of hydrogen-bond donors (Lipinski definition) is 1. The number of benzene rings is 2. The fourth-order valence-corrected chi connectivity index (χ4v) is 2.57. The van der Waals surface area contributed by atoms with Gasteiger partial charge in [-0.1, -0.05) is 35.9 Å². The van der Waals surface area contributed by atoms with Crippen LogP contribution in [0.1, 0.15) is 41.6 Å². The second kappa shape index (κ2) is 7.21. The Balaban J connectivity index is 1.92. The van der Waals surface area contributed by atoms with Gasteiger partial charge < -0.3 is 5.32 Å². The van der Waals surface area contributed by atoms with Gasteiger partial charge in [0.25, 0.3) is 0 Å². The van der Waals surface area contributed by atoms with E-state index in [1.54, 1.807) is 6.07 Å². The highest BCUT2D eigenvalue weighted by Crippen LogP contribution is 2.19. The molecule has 1 amide bonds. The first-order chi connectivity index (χ1) is 10.5. The lowest BCUT2D eigenvalue weighted by atomic mass is 10.00. The standard InChI is InChI=1S/C19H22FNO/c1-13-7-8-14(2)18(11-13)15(3)21-19(22)10-9-16-5-4-6-17(20)12-16/h4-8,11-12,15H,9-10H2,1-3H3,(H,21,22). The Kier molecular flexibility index (Phi) is 5.31. The van der Waals surface area contributed by atoms with Crippen molar-refractivity contribution in [3.63, 3.8) is 0 Å². The van der Waals surface area contributed by atoms with Gasteiger partial charge in [-0.15, -0.1) is 0 Å². The molecular formula is C19H22FNO. The number of hydrogen-bond acceptors (Lipinski definition) is 1. The molecule has 0 radical (unpaired) electrons. The van der Waals surface area contributed by atoms with Gasteiger partial charge in [-0.3, -0.25) is 4.79 Å². The van der Waals surface area contributed by atoms with Gasteiger partial charge in [-0.2, -0.15) is 0 Å². The molecule has 2 rings (SSSR count). The number of carbonyl (C=O) groups excluding carboxylic acids is 1. The summed E-state index contributed by atoms with van der Waals surface area (Å²) in [4.78, 5) is 12.1. The average Bonchev–Trinajstić information content (AvgIpc) is 2.47. The van der Waals surface area contributed by atoms with Gasteiger partial charge >= 0.3 is 0 Å². The maximum absolute atomic E-state index is 13.1. The van der Waals surface area contributed by atoms with Crippen molar-refractivity contribution in [2.75, 3.05) is 0 Å². The van der Waals surface area contributed by atoms with E-state index in [0.29, 0.717) is 12.8 Å². The molecule has 2 aromatic rings. The smallest absolute Gasteiger partial charge is 0.220 e. The zero-order valence-corrected chi connectivity index (χ0v) is 13.3. The molecule has 2 nitrogen and oxygen atoms in total. The predicted molar refractivity (Wildman–Crippen MR) is 87.2 cm³/mol. The first-order valence-electron chi connectivity index (χ1n) is 7.56. The molecule has 0 saturated carbocycles. The number of carbonyl (C=O) groups is 1. The fraction of sp³-hybridized carbons (Fsp3) is 0.316. The van der Waals surface area contributed by atoms with Crippen LogP contribution in [0.3, 0.4) is 0 Å². The average molecular weight is 299 g/mol. The summed E-state index contributed by atoms with van der Waals surface area (Å²) in [5.74, 6) is -0.278. The molecule has 1 unspecified atom stereocenters. The lowest BCUT2D eigenvalue weighted by Gasteiger charge is -2.17. The molecule has 0 aliphatic rings. The van der Waals surface area contributed by atoms with Crippen LogP contribution in [0.5, 0.6) is 0 Å². The molecule has 0 saturated heterocycles. The Morgan fingerprint density at radius 3 is 2.68 bits per heavy atom. The fourth-order valence-electron chi connectivity index (χ4n) is 2.57. The van der Waals surface area contributed by atoms with E-state index in [0.717, 1.165) is 11.1 Å². The van der Waals surface area contributed by atoms with Crippen LogP contribution in [-0.4, -0.2) is 5.91 Å². The summed E-state index contributed by atoms with van der Waals surface area (Å²) in [6.45, 7) is 6.08. The van der Waals surface area contributed by atoms with Gasteiger partial charge in [-0.05, 0) is 56.0 Å². The first-order valence-corrected chi connectivity index (χ1v) is 7.56. The van der Waals surface area contributed by atoms with Gasteiger partial charge in [0, 0.05) is 6.42 Å². The van der Waals surface area contributed by atoms with Crippen molar-refractivity contribution in [3.05, 3.63) is 70.5 Å². The van der Waals surface area contributed by atoms with Crippen LogP contribution < -0.4 is 5.32 Å².